The zero-order chi connectivity index (χ0) is 15.1. The molecule has 1 aromatic rings. The molecule has 6 nitrogen and oxygen atoms in total. The van der Waals surface area contributed by atoms with Gasteiger partial charge in [0.05, 0.1) is 0 Å². The number of aryl methyl sites for hydroxylation is 1. The Bertz CT molecular complexity index is 448. The van der Waals surface area contributed by atoms with E-state index in [-0.39, 0.29) is 11.3 Å². The van der Waals surface area contributed by atoms with Gasteiger partial charge in [-0.25, -0.2) is 14.8 Å². The number of carbonyl (C=O) groups is 1. The number of likely N-dealkylation sites (tertiary alicyclic amines) is 1. The van der Waals surface area contributed by atoms with E-state index >= 15 is 0 Å². The number of anilines is 1. The predicted molar refractivity (Wildman–Crippen MR) is 79.4 cm³/mol. The van der Waals surface area contributed by atoms with Gasteiger partial charge in [0.2, 0.25) is 5.28 Å². The molecule has 0 spiro atoms. The van der Waals surface area contributed by atoms with Crippen molar-refractivity contribution in [1.29, 1.82) is 0 Å². The number of amides is 1. The minimum Gasteiger partial charge on any atom is -0.465 e. The average Bonchev–Trinajstić information content (AvgIpc) is 2.46. The summed E-state index contributed by atoms with van der Waals surface area (Å²) >= 11 is 5.75. The Labute approximate surface area is 124 Å². The molecular formula is C13H21ClN4O2. The number of nitrogens with one attached hydrogen (secondary N) is 1. The van der Waals surface area contributed by atoms with Crippen LogP contribution < -0.4 is 5.32 Å². The molecule has 1 aliphatic heterocycles. The zero-order valence-corrected chi connectivity index (χ0v) is 12.8. The number of aromatic nitrogens is 2. The van der Waals surface area contributed by atoms with E-state index in [1.165, 1.54) is 4.90 Å². The summed E-state index contributed by atoms with van der Waals surface area (Å²) in [5.41, 5.74) is 0.931. The monoisotopic (exact) mass is 300 g/mol. The summed E-state index contributed by atoms with van der Waals surface area (Å²) in [6.07, 6.45) is 2.36. The maximum absolute atomic E-state index is 10.8. The number of hydrogen-bond acceptors (Lipinski definition) is 4. The van der Waals surface area contributed by atoms with Crippen LogP contribution in [-0.2, 0) is 0 Å². The van der Waals surface area contributed by atoms with E-state index < -0.39 is 6.09 Å². The number of piperidine rings is 1. The summed E-state index contributed by atoms with van der Waals surface area (Å²) in [7, 11) is 0. The van der Waals surface area contributed by atoms with Crippen LogP contribution in [0, 0.1) is 6.92 Å². The van der Waals surface area contributed by atoms with Crippen LogP contribution in [0.2, 0.25) is 5.28 Å². The Morgan fingerprint density at radius 2 is 2.05 bits per heavy atom. The lowest BCUT2D eigenvalue weighted by Gasteiger charge is -2.30. The summed E-state index contributed by atoms with van der Waals surface area (Å²) in [6, 6.07) is 0.227. The molecule has 20 heavy (non-hydrogen) atoms. The largest absolute Gasteiger partial charge is 0.465 e. The highest BCUT2D eigenvalue weighted by Crippen LogP contribution is 2.18. The van der Waals surface area contributed by atoms with E-state index in [9.17, 15) is 4.79 Å². The molecule has 0 aromatic carbocycles. The van der Waals surface area contributed by atoms with Gasteiger partial charge in [0.25, 0.3) is 0 Å². The first-order valence-electron chi connectivity index (χ1n) is 6.80. The van der Waals surface area contributed by atoms with E-state index in [1.54, 1.807) is 6.20 Å². The molecule has 0 bridgehead atoms. The third kappa shape index (κ3) is 4.52. The van der Waals surface area contributed by atoms with Crippen LogP contribution in [0.25, 0.3) is 0 Å². The molecule has 7 heteroatoms. The predicted octanol–water partition coefficient (Wildman–Crippen LogP) is 3.02. The third-order valence-corrected chi connectivity index (χ3v) is 3.23. The molecule has 0 aliphatic carbocycles. The molecule has 0 unspecified atom stereocenters. The van der Waals surface area contributed by atoms with Gasteiger partial charge < -0.3 is 15.3 Å². The molecule has 0 atom stereocenters. The molecule has 2 rings (SSSR count). The second kappa shape index (κ2) is 7.89. The van der Waals surface area contributed by atoms with Gasteiger partial charge in [0.1, 0.15) is 5.82 Å². The molecule has 1 saturated heterocycles. The first-order valence-corrected chi connectivity index (χ1v) is 7.17. The van der Waals surface area contributed by atoms with Gasteiger partial charge >= 0.3 is 6.09 Å². The number of rotatable bonds is 2. The first kappa shape index (κ1) is 16.5. The van der Waals surface area contributed by atoms with E-state index in [1.807, 2.05) is 20.8 Å². The van der Waals surface area contributed by atoms with Crippen molar-refractivity contribution in [3.63, 3.8) is 0 Å². The number of hydrogen-bond donors (Lipinski definition) is 2. The van der Waals surface area contributed by atoms with Crippen molar-refractivity contribution in [3.8, 4) is 0 Å². The fourth-order valence-corrected chi connectivity index (χ4v) is 2.11. The Morgan fingerprint density at radius 3 is 2.60 bits per heavy atom. The maximum atomic E-state index is 10.8. The van der Waals surface area contributed by atoms with Gasteiger partial charge in [-0.1, -0.05) is 13.8 Å². The van der Waals surface area contributed by atoms with Gasteiger partial charge in [0, 0.05) is 30.9 Å². The van der Waals surface area contributed by atoms with E-state index in [0.717, 1.165) is 24.2 Å². The number of carboxylic acid groups (broad SMARTS) is 1. The van der Waals surface area contributed by atoms with Crippen LogP contribution in [-0.4, -0.2) is 45.2 Å². The summed E-state index contributed by atoms with van der Waals surface area (Å²) in [5.74, 6) is 0.726. The third-order valence-electron chi connectivity index (χ3n) is 3.05. The highest BCUT2D eigenvalue weighted by atomic mass is 35.5. The Balaban J connectivity index is 0.000000956. The SMILES string of the molecule is CC.Cc1cnc(Cl)nc1NC1CCN(C(=O)O)CC1. The Hall–Kier alpha value is -1.56. The van der Waals surface area contributed by atoms with Crippen LogP contribution in [0.1, 0.15) is 32.3 Å². The van der Waals surface area contributed by atoms with E-state index in [2.05, 4.69) is 15.3 Å². The van der Waals surface area contributed by atoms with Crippen molar-refractivity contribution in [2.24, 2.45) is 0 Å². The van der Waals surface area contributed by atoms with E-state index in [0.29, 0.717) is 13.1 Å². The van der Waals surface area contributed by atoms with Crippen molar-refractivity contribution in [3.05, 3.63) is 17.0 Å². The first-order chi connectivity index (χ1) is 9.56. The molecule has 1 fully saturated rings. The van der Waals surface area contributed by atoms with Gasteiger partial charge in [-0.2, -0.15) is 0 Å². The Morgan fingerprint density at radius 1 is 1.45 bits per heavy atom. The minimum absolute atomic E-state index is 0.214. The van der Waals surface area contributed by atoms with Gasteiger partial charge in [-0.3, -0.25) is 0 Å². The van der Waals surface area contributed by atoms with Crippen LogP contribution in [0.15, 0.2) is 6.20 Å². The lowest BCUT2D eigenvalue weighted by atomic mass is 10.1. The second-order valence-electron chi connectivity index (χ2n) is 4.36. The summed E-state index contributed by atoms with van der Waals surface area (Å²) in [5, 5.41) is 12.4. The summed E-state index contributed by atoms with van der Waals surface area (Å²) < 4.78 is 0. The quantitative estimate of drug-likeness (QED) is 0.821. The smallest absolute Gasteiger partial charge is 0.407 e. The van der Waals surface area contributed by atoms with Crippen LogP contribution in [0.5, 0.6) is 0 Å². The lowest BCUT2D eigenvalue weighted by Crippen LogP contribution is -2.41. The second-order valence-corrected chi connectivity index (χ2v) is 4.70. The molecular weight excluding hydrogens is 280 g/mol. The standard InChI is InChI=1S/C11H15ClN4O2.C2H6/c1-7-6-13-10(12)15-9(7)14-8-2-4-16(5-3-8)11(17)18;1-2/h6,8H,2-5H2,1H3,(H,17,18)(H,13,14,15);1-2H3. The molecule has 2 N–H and O–H groups in total. The van der Waals surface area contributed by atoms with Crippen LogP contribution in [0.3, 0.4) is 0 Å². The fourth-order valence-electron chi connectivity index (χ4n) is 1.98. The Kier molecular flexibility index (Phi) is 6.51. The van der Waals surface area contributed by atoms with E-state index in [4.69, 9.17) is 16.7 Å². The van der Waals surface area contributed by atoms with Gasteiger partial charge in [-0.05, 0) is 31.4 Å². The normalized spacial score (nSPS) is 15.3. The van der Waals surface area contributed by atoms with Crippen molar-refractivity contribution < 1.29 is 9.90 Å². The van der Waals surface area contributed by atoms with Crippen molar-refractivity contribution >= 4 is 23.5 Å². The summed E-state index contributed by atoms with van der Waals surface area (Å²) in [4.78, 5) is 20.2. The minimum atomic E-state index is -0.852. The molecule has 1 aromatic heterocycles. The van der Waals surface area contributed by atoms with Crippen molar-refractivity contribution in [2.45, 2.75) is 39.7 Å². The summed E-state index contributed by atoms with van der Waals surface area (Å²) in [6.45, 7) is 7.00. The topological polar surface area (TPSA) is 78.4 Å². The molecule has 2 heterocycles. The molecule has 0 radical (unpaired) electrons. The number of nitrogens with zero attached hydrogens (tertiary/aromatic N) is 3. The van der Waals surface area contributed by atoms with Crippen molar-refractivity contribution in [2.75, 3.05) is 18.4 Å². The molecule has 112 valence electrons. The highest BCUT2D eigenvalue weighted by molar-refractivity contribution is 6.28. The molecule has 1 amide bonds. The fraction of sp³-hybridized carbons (Fsp3) is 0.615. The number of halogens is 1. The highest BCUT2D eigenvalue weighted by Gasteiger charge is 2.22. The van der Waals surface area contributed by atoms with Gasteiger partial charge in [0.15, 0.2) is 0 Å². The lowest BCUT2D eigenvalue weighted by molar-refractivity contribution is 0.133. The molecule has 0 saturated carbocycles. The average molecular weight is 301 g/mol. The van der Waals surface area contributed by atoms with Crippen LogP contribution >= 0.6 is 11.6 Å². The zero-order valence-electron chi connectivity index (χ0n) is 12.1. The van der Waals surface area contributed by atoms with Crippen molar-refractivity contribution in [1.82, 2.24) is 14.9 Å². The van der Waals surface area contributed by atoms with Crippen LogP contribution in [0.4, 0.5) is 10.6 Å². The molecule has 1 aliphatic rings. The van der Waals surface area contributed by atoms with Gasteiger partial charge in [-0.15, -0.1) is 0 Å². The maximum Gasteiger partial charge on any atom is 0.407 e.